The van der Waals surface area contributed by atoms with Crippen LogP contribution in [0.1, 0.15) is 79.1 Å². The number of hydrogen-bond acceptors (Lipinski definition) is 4. The summed E-state index contributed by atoms with van der Waals surface area (Å²) in [6.07, 6.45) is 8.58. The maximum absolute atomic E-state index is 10.3. The van der Waals surface area contributed by atoms with Crippen LogP contribution in [-0.2, 0) is 24.5 Å². The molecule has 0 unspecified atom stereocenters. The quantitative estimate of drug-likeness (QED) is 0.316. The summed E-state index contributed by atoms with van der Waals surface area (Å²) >= 11 is -4.51. The number of hydrogen-bond donors (Lipinski definition) is 2. The van der Waals surface area contributed by atoms with E-state index >= 15 is 0 Å². The van der Waals surface area contributed by atoms with Crippen LogP contribution in [0.2, 0.25) is 18.1 Å². The molecule has 0 aromatic heterocycles. The molecule has 0 aliphatic carbocycles. The molecule has 134 valence electrons. The third-order valence-corrected chi connectivity index (χ3v) is 12.8. The Labute approximate surface area is 144 Å². The zero-order valence-electron chi connectivity index (χ0n) is 15.2. The summed E-state index contributed by atoms with van der Waals surface area (Å²) in [6.45, 7) is 9.02. The zero-order chi connectivity index (χ0) is 16.9. The van der Waals surface area contributed by atoms with E-state index in [4.69, 9.17) is 6.33 Å². The van der Waals surface area contributed by atoms with E-state index in [2.05, 4.69) is 27.7 Å². The van der Waals surface area contributed by atoms with Gasteiger partial charge in [-0.2, -0.15) is 0 Å². The van der Waals surface area contributed by atoms with Crippen molar-refractivity contribution in [3.8, 4) is 0 Å². The number of unbranched alkanes of at least 4 members (excludes halogenated alkanes) is 4. The van der Waals surface area contributed by atoms with Gasteiger partial charge in [0, 0.05) is 0 Å². The van der Waals surface area contributed by atoms with Crippen molar-refractivity contribution in [2.45, 2.75) is 97.2 Å². The Hall–Kier alpha value is 0.771. The second-order valence-electron chi connectivity index (χ2n) is 6.35. The van der Waals surface area contributed by atoms with E-state index in [0.29, 0.717) is 6.61 Å². The fourth-order valence-corrected chi connectivity index (χ4v) is 12.4. The van der Waals surface area contributed by atoms with Crippen LogP contribution in [0, 0.1) is 0 Å². The van der Waals surface area contributed by atoms with Crippen LogP contribution in [0.3, 0.4) is 0 Å². The van der Waals surface area contributed by atoms with Gasteiger partial charge in [0.05, 0.1) is 0 Å². The summed E-state index contributed by atoms with van der Waals surface area (Å²) in [6, 6.07) is 3.11. The van der Waals surface area contributed by atoms with Gasteiger partial charge in [-0.1, -0.05) is 0 Å². The van der Waals surface area contributed by atoms with Crippen LogP contribution in [-0.4, -0.2) is 22.3 Å². The SMILES string of the molecule is CCCC[O][Ti]([OH])([OH])[O][Si](CCCC)(CCCC)CCCC. The molecule has 0 saturated heterocycles. The van der Waals surface area contributed by atoms with Crippen molar-refractivity contribution in [1.82, 2.24) is 0 Å². The van der Waals surface area contributed by atoms with Crippen LogP contribution in [0.5, 0.6) is 0 Å². The zero-order valence-corrected chi connectivity index (χ0v) is 17.8. The second-order valence-corrected chi connectivity index (χ2v) is 13.5. The summed E-state index contributed by atoms with van der Waals surface area (Å²) in [7, 11) is -2.10. The Morgan fingerprint density at radius 1 is 0.727 bits per heavy atom. The molecule has 0 spiro atoms. The molecule has 2 N–H and O–H groups in total. The molecule has 0 rings (SSSR count). The van der Waals surface area contributed by atoms with Gasteiger partial charge in [-0.25, -0.2) is 0 Å². The van der Waals surface area contributed by atoms with Crippen molar-refractivity contribution in [1.29, 1.82) is 0 Å². The molecule has 0 aliphatic rings. The first-order valence-electron chi connectivity index (χ1n) is 9.24. The Balaban J connectivity index is 4.88. The number of rotatable bonds is 15. The third kappa shape index (κ3) is 10.5. The molecule has 0 aromatic rings. The van der Waals surface area contributed by atoms with Gasteiger partial charge in [-0.3, -0.25) is 0 Å². The summed E-state index contributed by atoms with van der Waals surface area (Å²) in [5, 5.41) is 0. The van der Waals surface area contributed by atoms with Gasteiger partial charge in [0.25, 0.3) is 0 Å². The maximum atomic E-state index is 10.3. The van der Waals surface area contributed by atoms with Gasteiger partial charge >= 0.3 is 144 Å². The molecule has 0 fully saturated rings. The third-order valence-electron chi connectivity index (χ3n) is 4.10. The Morgan fingerprint density at radius 3 is 1.50 bits per heavy atom. The molecule has 0 amide bonds. The first-order valence-corrected chi connectivity index (χ1v) is 14.4. The van der Waals surface area contributed by atoms with E-state index < -0.39 is 26.5 Å². The van der Waals surface area contributed by atoms with Crippen molar-refractivity contribution in [2.24, 2.45) is 0 Å². The standard InChI is InChI=1S/C12H27OSi.C4H9O.2H2O.Ti/c1-4-7-10-14(13,11-8-5-2)12-9-6-3;1-2-3-4-5;;;/h4-12H2,1-3H3;2-4H2,1H3;2*1H2;/q2*-1;;;+4/p-2. The Morgan fingerprint density at radius 2 is 1.14 bits per heavy atom. The second kappa shape index (κ2) is 13.1. The molecule has 4 nitrogen and oxygen atoms in total. The molecule has 0 bridgehead atoms. The van der Waals surface area contributed by atoms with Gasteiger partial charge in [0.2, 0.25) is 0 Å². The fraction of sp³-hybridized carbons (Fsp3) is 1.00. The molecule has 22 heavy (non-hydrogen) atoms. The van der Waals surface area contributed by atoms with Gasteiger partial charge in [-0.05, 0) is 0 Å². The molecule has 0 heterocycles. The molecule has 0 radical (unpaired) electrons. The molecule has 0 saturated carbocycles. The molecule has 0 aromatic carbocycles. The molecule has 0 atom stereocenters. The van der Waals surface area contributed by atoms with Crippen molar-refractivity contribution in [3.63, 3.8) is 0 Å². The first kappa shape index (κ1) is 22.8. The monoisotopic (exact) mass is 370 g/mol. The van der Waals surface area contributed by atoms with Crippen LogP contribution in [0.15, 0.2) is 0 Å². The summed E-state index contributed by atoms with van der Waals surface area (Å²) in [4.78, 5) is 0. The summed E-state index contributed by atoms with van der Waals surface area (Å²) in [5.74, 6) is 0. The van der Waals surface area contributed by atoms with Crippen molar-refractivity contribution in [2.75, 3.05) is 6.61 Å². The predicted octanol–water partition coefficient (Wildman–Crippen LogP) is 4.96. The van der Waals surface area contributed by atoms with Gasteiger partial charge in [0.1, 0.15) is 0 Å². The van der Waals surface area contributed by atoms with E-state index in [-0.39, 0.29) is 0 Å². The van der Waals surface area contributed by atoms with Gasteiger partial charge in [-0.15, -0.1) is 0 Å². The predicted molar refractivity (Wildman–Crippen MR) is 91.3 cm³/mol. The van der Waals surface area contributed by atoms with E-state index in [9.17, 15) is 7.38 Å². The van der Waals surface area contributed by atoms with Crippen LogP contribution < -0.4 is 0 Å². The fourth-order valence-electron chi connectivity index (χ4n) is 2.69. The van der Waals surface area contributed by atoms with E-state index in [1.54, 1.807) is 0 Å². The van der Waals surface area contributed by atoms with E-state index in [1.807, 2.05) is 0 Å². The summed E-state index contributed by atoms with van der Waals surface area (Å²) in [5.41, 5.74) is 0. The minimum atomic E-state index is -4.51. The van der Waals surface area contributed by atoms with Crippen LogP contribution in [0.4, 0.5) is 0 Å². The minimum absolute atomic E-state index is 0.406. The molecule has 0 aliphatic heterocycles. The van der Waals surface area contributed by atoms with Crippen molar-refractivity contribution < 1.29 is 31.8 Å². The average molecular weight is 370 g/mol. The Bertz CT molecular complexity index is 243. The van der Waals surface area contributed by atoms with Gasteiger partial charge in [0.15, 0.2) is 0 Å². The normalized spacial score (nSPS) is 12.8. The average Bonchev–Trinajstić information content (AvgIpc) is 2.48. The topological polar surface area (TPSA) is 58.9 Å². The first-order chi connectivity index (χ1) is 10.4. The molecular formula is C16H38O4SiTi. The molecular weight excluding hydrogens is 332 g/mol. The molecule has 6 heteroatoms. The van der Waals surface area contributed by atoms with Crippen molar-refractivity contribution in [3.05, 3.63) is 0 Å². The van der Waals surface area contributed by atoms with Crippen LogP contribution >= 0.6 is 0 Å². The van der Waals surface area contributed by atoms with Crippen molar-refractivity contribution >= 4 is 8.32 Å². The summed E-state index contributed by atoms with van der Waals surface area (Å²) < 4.78 is 32.1. The van der Waals surface area contributed by atoms with E-state index in [1.165, 1.54) is 0 Å². The van der Waals surface area contributed by atoms with Crippen LogP contribution in [0.25, 0.3) is 0 Å². The Kier molecular flexibility index (Phi) is 13.6. The van der Waals surface area contributed by atoms with Gasteiger partial charge < -0.3 is 0 Å². The van der Waals surface area contributed by atoms with E-state index in [0.717, 1.165) is 69.5 Å².